The van der Waals surface area contributed by atoms with E-state index in [1.165, 1.54) is 17.8 Å². The summed E-state index contributed by atoms with van der Waals surface area (Å²) in [5.74, 6) is -0.591. The molecular weight excluding hydrogens is 319 g/mol. The second-order valence-electron chi connectivity index (χ2n) is 4.97. The van der Waals surface area contributed by atoms with Crippen molar-refractivity contribution >= 4 is 23.4 Å². The SMILES string of the molecule is COCCCn1cnnc1SCC(=O)Nc1ccc(C)cc1F. The predicted octanol–water partition coefficient (Wildman–Crippen LogP) is 2.49. The number of halogens is 1. The molecule has 124 valence electrons. The number of methoxy groups -OCH3 is 1. The molecule has 2 rings (SSSR count). The summed E-state index contributed by atoms with van der Waals surface area (Å²) in [6, 6.07) is 4.69. The number of ether oxygens (including phenoxy) is 1. The molecule has 0 bridgehead atoms. The molecule has 1 amide bonds. The monoisotopic (exact) mass is 338 g/mol. The van der Waals surface area contributed by atoms with Crippen LogP contribution in [0.25, 0.3) is 0 Å². The number of aryl methyl sites for hydroxylation is 2. The Balaban J connectivity index is 1.86. The topological polar surface area (TPSA) is 69.0 Å². The van der Waals surface area contributed by atoms with Crippen LogP contribution in [0.3, 0.4) is 0 Å². The summed E-state index contributed by atoms with van der Waals surface area (Å²) in [5, 5.41) is 11.0. The molecule has 0 spiro atoms. The highest BCUT2D eigenvalue weighted by atomic mass is 32.2. The molecular formula is C15H19FN4O2S. The number of carbonyl (C=O) groups is 1. The number of rotatable bonds is 8. The number of anilines is 1. The van der Waals surface area contributed by atoms with Crippen LogP contribution in [0.5, 0.6) is 0 Å². The average Bonchev–Trinajstić information content (AvgIpc) is 2.96. The van der Waals surface area contributed by atoms with Crippen LogP contribution in [0.4, 0.5) is 10.1 Å². The minimum absolute atomic E-state index is 0.135. The van der Waals surface area contributed by atoms with Crippen molar-refractivity contribution in [1.82, 2.24) is 14.8 Å². The van der Waals surface area contributed by atoms with E-state index in [9.17, 15) is 9.18 Å². The lowest BCUT2D eigenvalue weighted by Crippen LogP contribution is -2.15. The zero-order chi connectivity index (χ0) is 16.7. The van der Waals surface area contributed by atoms with Crippen molar-refractivity contribution in [3.8, 4) is 0 Å². The molecule has 0 saturated heterocycles. The number of thioether (sulfide) groups is 1. The van der Waals surface area contributed by atoms with Gasteiger partial charge in [-0.1, -0.05) is 17.8 Å². The van der Waals surface area contributed by atoms with Crippen molar-refractivity contribution in [2.45, 2.75) is 25.0 Å². The van der Waals surface area contributed by atoms with Gasteiger partial charge in [-0.2, -0.15) is 0 Å². The molecule has 0 saturated carbocycles. The number of hydrogen-bond acceptors (Lipinski definition) is 5. The van der Waals surface area contributed by atoms with E-state index in [1.807, 2.05) is 4.57 Å². The molecule has 0 atom stereocenters. The minimum atomic E-state index is -0.439. The van der Waals surface area contributed by atoms with Crippen LogP contribution in [0.15, 0.2) is 29.7 Å². The van der Waals surface area contributed by atoms with Gasteiger partial charge in [-0.25, -0.2) is 4.39 Å². The first-order chi connectivity index (χ1) is 11.1. The van der Waals surface area contributed by atoms with Gasteiger partial charge in [-0.05, 0) is 31.0 Å². The second-order valence-corrected chi connectivity index (χ2v) is 5.92. The summed E-state index contributed by atoms with van der Waals surface area (Å²) in [6.07, 6.45) is 2.46. The van der Waals surface area contributed by atoms with Gasteiger partial charge in [0.15, 0.2) is 5.16 Å². The van der Waals surface area contributed by atoms with Gasteiger partial charge >= 0.3 is 0 Å². The predicted molar refractivity (Wildman–Crippen MR) is 87.0 cm³/mol. The van der Waals surface area contributed by atoms with E-state index in [0.717, 1.165) is 18.5 Å². The highest BCUT2D eigenvalue weighted by Gasteiger charge is 2.11. The van der Waals surface area contributed by atoms with Crippen molar-refractivity contribution in [2.24, 2.45) is 0 Å². The number of aromatic nitrogens is 3. The van der Waals surface area contributed by atoms with Crippen LogP contribution < -0.4 is 5.32 Å². The maximum atomic E-state index is 13.7. The highest BCUT2D eigenvalue weighted by molar-refractivity contribution is 7.99. The average molecular weight is 338 g/mol. The van der Waals surface area contributed by atoms with Gasteiger partial charge in [0.25, 0.3) is 0 Å². The van der Waals surface area contributed by atoms with Crippen LogP contribution in [-0.2, 0) is 16.1 Å². The molecule has 23 heavy (non-hydrogen) atoms. The second kappa shape index (κ2) is 8.64. The molecule has 0 fully saturated rings. The molecule has 0 aliphatic heterocycles. The molecule has 0 radical (unpaired) electrons. The van der Waals surface area contributed by atoms with E-state index >= 15 is 0 Å². The Kier molecular flexibility index (Phi) is 6.54. The first kappa shape index (κ1) is 17.4. The van der Waals surface area contributed by atoms with Gasteiger partial charge in [-0.15, -0.1) is 10.2 Å². The van der Waals surface area contributed by atoms with Crippen LogP contribution in [0, 0.1) is 12.7 Å². The number of carbonyl (C=O) groups excluding carboxylic acids is 1. The highest BCUT2D eigenvalue weighted by Crippen LogP contribution is 2.18. The number of benzene rings is 1. The van der Waals surface area contributed by atoms with Crippen molar-refractivity contribution in [2.75, 3.05) is 24.8 Å². The Morgan fingerprint density at radius 2 is 2.30 bits per heavy atom. The Labute approximate surface area is 138 Å². The van der Waals surface area contributed by atoms with Crippen molar-refractivity contribution in [3.63, 3.8) is 0 Å². The van der Waals surface area contributed by atoms with Crippen LogP contribution in [0.2, 0.25) is 0 Å². The van der Waals surface area contributed by atoms with E-state index in [0.29, 0.717) is 11.8 Å². The van der Waals surface area contributed by atoms with E-state index in [-0.39, 0.29) is 17.3 Å². The van der Waals surface area contributed by atoms with Crippen molar-refractivity contribution < 1.29 is 13.9 Å². The Morgan fingerprint density at radius 3 is 3.04 bits per heavy atom. The molecule has 2 aromatic rings. The lowest BCUT2D eigenvalue weighted by atomic mass is 10.2. The van der Waals surface area contributed by atoms with Gasteiger partial charge in [-0.3, -0.25) is 4.79 Å². The summed E-state index contributed by atoms with van der Waals surface area (Å²) in [4.78, 5) is 11.9. The van der Waals surface area contributed by atoms with E-state index in [2.05, 4.69) is 15.5 Å². The zero-order valence-corrected chi connectivity index (χ0v) is 13.9. The minimum Gasteiger partial charge on any atom is -0.385 e. The van der Waals surface area contributed by atoms with Gasteiger partial charge in [0.05, 0.1) is 11.4 Å². The third-order valence-electron chi connectivity index (χ3n) is 3.06. The quantitative estimate of drug-likeness (QED) is 0.591. The van der Waals surface area contributed by atoms with Crippen molar-refractivity contribution in [3.05, 3.63) is 35.9 Å². The molecule has 0 aliphatic rings. The molecule has 1 aromatic heterocycles. The van der Waals surface area contributed by atoms with E-state index < -0.39 is 5.82 Å². The molecule has 1 heterocycles. The normalized spacial score (nSPS) is 10.7. The lowest BCUT2D eigenvalue weighted by molar-refractivity contribution is -0.113. The molecule has 6 nitrogen and oxygen atoms in total. The fraction of sp³-hybridized carbons (Fsp3) is 0.400. The molecule has 1 aromatic carbocycles. The smallest absolute Gasteiger partial charge is 0.234 e. The summed E-state index contributed by atoms with van der Waals surface area (Å²) < 4.78 is 20.6. The van der Waals surface area contributed by atoms with Gasteiger partial charge in [0.1, 0.15) is 12.1 Å². The van der Waals surface area contributed by atoms with Gasteiger partial charge in [0, 0.05) is 20.3 Å². The summed E-state index contributed by atoms with van der Waals surface area (Å²) in [5.41, 5.74) is 0.988. The van der Waals surface area contributed by atoms with Gasteiger partial charge < -0.3 is 14.6 Å². The van der Waals surface area contributed by atoms with Crippen LogP contribution in [0.1, 0.15) is 12.0 Å². The summed E-state index contributed by atoms with van der Waals surface area (Å²) in [7, 11) is 1.65. The molecule has 0 aliphatic carbocycles. The first-order valence-corrected chi connectivity index (χ1v) is 8.14. The van der Waals surface area contributed by atoms with E-state index in [1.54, 1.807) is 32.5 Å². The number of amides is 1. The Morgan fingerprint density at radius 1 is 1.48 bits per heavy atom. The standard InChI is InChI=1S/C15H19FN4O2S/c1-11-4-5-13(12(16)8-11)18-14(21)9-23-15-19-17-10-20(15)6-3-7-22-2/h4-5,8,10H,3,6-7,9H2,1-2H3,(H,18,21). The third-order valence-corrected chi connectivity index (χ3v) is 4.04. The van der Waals surface area contributed by atoms with Crippen LogP contribution in [-0.4, -0.2) is 40.1 Å². The van der Waals surface area contributed by atoms with Crippen molar-refractivity contribution in [1.29, 1.82) is 0 Å². The Hall–Kier alpha value is -1.93. The fourth-order valence-corrected chi connectivity index (χ4v) is 2.67. The third kappa shape index (κ3) is 5.33. The summed E-state index contributed by atoms with van der Waals surface area (Å²) in [6.45, 7) is 3.16. The maximum absolute atomic E-state index is 13.7. The van der Waals surface area contributed by atoms with Gasteiger partial charge in [0.2, 0.25) is 5.91 Å². The lowest BCUT2D eigenvalue weighted by Gasteiger charge is -2.08. The number of hydrogen-bond donors (Lipinski definition) is 1. The van der Waals surface area contributed by atoms with Crippen LogP contribution >= 0.6 is 11.8 Å². The molecule has 0 unspecified atom stereocenters. The zero-order valence-electron chi connectivity index (χ0n) is 13.1. The molecule has 1 N–H and O–H groups in total. The number of nitrogens with one attached hydrogen (secondary N) is 1. The first-order valence-electron chi connectivity index (χ1n) is 7.15. The largest absolute Gasteiger partial charge is 0.385 e. The fourth-order valence-electron chi connectivity index (χ4n) is 1.93. The molecule has 8 heteroatoms. The number of nitrogens with zero attached hydrogens (tertiary/aromatic N) is 3. The van der Waals surface area contributed by atoms with E-state index in [4.69, 9.17) is 4.74 Å². The maximum Gasteiger partial charge on any atom is 0.234 e. The Bertz CT molecular complexity index is 663. The summed E-state index contributed by atoms with van der Waals surface area (Å²) >= 11 is 1.26.